The molecule has 0 radical (unpaired) electrons. The zero-order chi connectivity index (χ0) is 11.7. The van der Waals surface area contributed by atoms with Crippen LogP contribution in [0.2, 0.25) is 0 Å². The highest BCUT2D eigenvalue weighted by molar-refractivity contribution is 4.85. The third-order valence-electron chi connectivity index (χ3n) is 3.08. The van der Waals surface area contributed by atoms with Gasteiger partial charge in [-0.05, 0) is 32.2 Å². The monoisotopic (exact) mass is 211 g/mol. The maximum absolute atomic E-state index is 2.60. The van der Waals surface area contributed by atoms with E-state index in [4.69, 9.17) is 0 Å². The lowest BCUT2D eigenvalue weighted by molar-refractivity contribution is 0.184. The molecule has 0 saturated heterocycles. The molecule has 15 heavy (non-hydrogen) atoms. The molecule has 1 heteroatoms. The van der Waals surface area contributed by atoms with Crippen LogP contribution in [0.5, 0.6) is 0 Å². The first-order valence-corrected chi connectivity index (χ1v) is 6.52. The Morgan fingerprint density at radius 3 is 2.20 bits per heavy atom. The number of rotatable bonds is 8. The van der Waals surface area contributed by atoms with Gasteiger partial charge in [0.25, 0.3) is 0 Å². The molecule has 0 fully saturated rings. The zero-order valence-corrected chi connectivity index (χ0v) is 11.3. The average Bonchev–Trinajstić information content (AvgIpc) is 2.22. The molecule has 0 aromatic rings. The Hall–Kier alpha value is -0.300. The molecule has 0 saturated carbocycles. The summed E-state index contributed by atoms with van der Waals surface area (Å²) in [6.07, 6.45) is 8.34. The third kappa shape index (κ3) is 6.72. The topological polar surface area (TPSA) is 3.24 Å². The second kappa shape index (κ2) is 8.96. The van der Waals surface area contributed by atoms with Crippen molar-refractivity contribution < 1.29 is 0 Å². The first-order valence-electron chi connectivity index (χ1n) is 6.52. The maximum atomic E-state index is 2.60. The van der Waals surface area contributed by atoms with E-state index in [1.165, 1.54) is 19.4 Å². The first-order chi connectivity index (χ1) is 7.13. The third-order valence-corrected chi connectivity index (χ3v) is 3.08. The van der Waals surface area contributed by atoms with Gasteiger partial charge >= 0.3 is 0 Å². The van der Waals surface area contributed by atoms with Crippen LogP contribution in [0.15, 0.2) is 12.2 Å². The van der Waals surface area contributed by atoms with E-state index in [-0.39, 0.29) is 0 Å². The molecule has 0 aliphatic rings. The van der Waals surface area contributed by atoms with Crippen molar-refractivity contribution in [2.45, 2.75) is 59.9 Å². The van der Waals surface area contributed by atoms with Crippen molar-refractivity contribution in [3.8, 4) is 0 Å². The molecular formula is C14H29N. The van der Waals surface area contributed by atoms with Crippen LogP contribution in [0, 0.1) is 5.92 Å². The average molecular weight is 211 g/mol. The molecule has 0 bridgehead atoms. The summed E-state index contributed by atoms with van der Waals surface area (Å²) in [6.45, 7) is 13.8. The molecule has 90 valence electrons. The highest BCUT2D eigenvalue weighted by Gasteiger charge is 2.14. The maximum Gasteiger partial charge on any atom is 0.0166 e. The van der Waals surface area contributed by atoms with Crippen LogP contribution in [-0.2, 0) is 0 Å². The van der Waals surface area contributed by atoms with Crippen molar-refractivity contribution in [1.82, 2.24) is 4.90 Å². The van der Waals surface area contributed by atoms with Crippen LogP contribution in [0.1, 0.15) is 53.9 Å². The number of hydrogen-bond donors (Lipinski definition) is 0. The summed E-state index contributed by atoms with van der Waals surface area (Å²) in [7, 11) is 0. The van der Waals surface area contributed by atoms with E-state index in [0.29, 0.717) is 6.04 Å². The lowest BCUT2D eigenvalue weighted by Gasteiger charge is -2.30. The van der Waals surface area contributed by atoms with Crippen molar-refractivity contribution >= 4 is 0 Å². The number of hydrogen-bond acceptors (Lipinski definition) is 1. The fourth-order valence-electron chi connectivity index (χ4n) is 1.62. The lowest BCUT2D eigenvalue weighted by Crippen LogP contribution is -2.37. The second-order valence-electron chi connectivity index (χ2n) is 4.71. The largest absolute Gasteiger partial charge is 0.297 e. The lowest BCUT2D eigenvalue weighted by atomic mass is 10.0. The van der Waals surface area contributed by atoms with Crippen LogP contribution >= 0.6 is 0 Å². The standard InChI is InChI=1S/C14H29N/c1-6-8-10-12-15(11-9-7-2)14(5)13(3)4/h8,10,13-14H,6-7,9,11-12H2,1-5H3. The van der Waals surface area contributed by atoms with Gasteiger partial charge in [-0.3, -0.25) is 4.90 Å². The minimum absolute atomic E-state index is 0.693. The summed E-state index contributed by atoms with van der Waals surface area (Å²) in [5.74, 6) is 0.747. The SMILES string of the molecule is CCC=CCN(CCCC)C(C)C(C)C. The fourth-order valence-corrected chi connectivity index (χ4v) is 1.62. The van der Waals surface area contributed by atoms with Gasteiger partial charge in [0.15, 0.2) is 0 Å². The summed E-state index contributed by atoms with van der Waals surface area (Å²) in [5, 5.41) is 0. The molecule has 0 aliphatic carbocycles. The quantitative estimate of drug-likeness (QED) is 0.546. The Bertz CT molecular complexity index is 161. The van der Waals surface area contributed by atoms with E-state index in [1.54, 1.807) is 0 Å². The van der Waals surface area contributed by atoms with Gasteiger partial charge in [-0.25, -0.2) is 0 Å². The minimum Gasteiger partial charge on any atom is -0.297 e. The Kier molecular flexibility index (Phi) is 8.79. The fraction of sp³-hybridized carbons (Fsp3) is 0.857. The molecule has 0 spiro atoms. The molecule has 0 aromatic heterocycles. The first kappa shape index (κ1) is 14.7. The van der Waals surface area contributed by atoms with Crippen molar-refractivity contribution in [3.05, 3.63) is 12.2 Å². The Morgan fingerprint density at radius 2 is 1.73 bits per heavy atom. The summed E-state index contributed by atoms with van der Waals surface area (Å²) < 4.78 is 0. The van der Waals surface area contributed by atoms with E-state index >= 15 is 0 Å². The normalized spacial score (nSPS) is 14.3. The van der Waals surface area contributed by atoms with E-state index in [0.717, 1.165) is 18.9 Å². The number of unbranched alkanes of at least 4 members (excludes halogenated alkanes) is 1. The summed E-state index contributed by atoms with van der Waals surface area (Å²) in [4.78, 5) is 2.60. The molecule has 0 amide bonds. The minimum atomic E-state index is 0.693. The predicted octanol–water partition coefficient (Wildman–Crippen LogP) is 4.10. The Labute approximate surface area is 96.6 Å². The van der Waals surface area contributed by atoms with Crippen LogP contribution < -0.4 is 0 Å². The van der Waals surface area contributed by atoms with Gasteiger partial charge in [0.2, 0.25) is 0 Å². The van der Waals surface area contributed by atoms with Crippen molar-refractivity contribution in [2.75, 3.05) is 13.1 Å². The Balaban J connectivity index is 4.10. The smallest absolute Gasteiger partial charge is 0.0166 e. The van der Waals surface area contributed by atoms with E-state index < -0.39 is 0 Å². The number of nitrogens with zero attached hydrogens (tertiary/aromatic N) is 1. The highest BCUT2D eigenvalue weighted by Crippen LogP contribution is 2.11. The molecule has 1 atom stereocenters. The number of allylic oxidation sites excluding steroid dienone is 1. The molecule has 1 unspecified atom stereocenters. The molecule has 0 aliphatic heterocycles. The van der Waals surface area contributed by atoms with Crippen LogP contribution in [0.3, 0.4) is 0 Å². The van der Waals surface area contributed by atoms with Gasteiger partial charge in [0.05, 0.1) is 0 Å². The van der Waals surface area contributed by atoms with Gasteiger partial charge in [0, 0.05) is 12.6 Å². The molecule has 0 rings (SSSR count). The van der Waals surface area contributed by atoms with Crippen molar-refractivity contribution in [3.63, 3.8) is 0 Å². The van der Waals surface area contributed by atoms with Gasteiger partial charge in [-0.2, -0.15) is 0 Å². The van der Waals surface area contributed by atoms with Gasteiger partial charge < -0.3 is 0 Å². The summed E-state index contributed by atoms with van der Waals surface area (Å²) in [5.41, 5.74) is 0. The van der Waals surface area contributed by atoms with E-state index in [9.17, 15) is 0 Å². The van der Waals surface area contributed by atoms with E-state index in [1.807, 2.05) is 0 Å². The van der Waals surface area contributed by atoms with Crippen LogP contribution in [0.25, 0.3) is 0 Å². The van der Waals surface area contributed by atoms with Gasteiger partial charge in [-0.15, -0.1) is 0 Å². The molecule has 0 heterocycles. The molecule has 1 nitrogen and oxygen atoms in total. The summed E-state index contributed by atoms with van der Waals surface area (Å²) in [6, 6.07) is 0.693. The highest BCUT2D eigenvalue weighted by atomic mass is 15.1. The Morgan fingerprint density at radius 1 is 1.07 bits per heavy atom. The van der Waals surface area contributed by atoms with Gasteiger partial charge in [0.1, 0.15) is 0 Å². The van der Waals surface area contributed by atoms with Gasteiger partial charge in [-0.1, -0.05) is 46.3 Å². The molecule has 0 N–H and O–H groups in total. The van der Waals surface area contributed by atoms with Crippen molar-refractivity contribution in [2.24, 2.45) is 5.92 Å². The predicted molar refractivity (Wildman–Crippen MR) is 70.2 cm³/mol. The van der Waals surface area contributed by atoms with E-state index in [2.05, 4.69) is 51.7 Å². The summed E-state index contributed by atoms with van der Waals surface area (Å²) >= 11 is 0. The van der Waals surface area contributed by atoms with Crippen molar-refractivity contribution in [1.29, 1.82) is 0 Å². The molecule has 0 aromatic carbocycles. The molecular weight excluding hydrogens is 182 g/mol. The second-order valence-corrected chi connectivity index (χ2v) is 4.71. The van der Waals surface area contributed by atoms with Crippen LogP contribution in [0.4, 0.5) is 0 Å². The van der Waals surface area contributed by atoms with Crippen LogP contribution in [-0.4, -0.2) is 24.0 Å². The zero-order valence-electron chi connectivity index (χ0n) is 11.3.